The molecule has 0 radical (unpaired) electrons. The molecule has 34 heavy (non-hydrogen) atoms. The van der Waals surface area contributed by atoms with Gasteiger partial charge >= 0.3 is 0 Å². The fourth-order valence-electron chi connectivity index (χ4n) is 3.07. The minimum atomic E-state index is -3.70. The molecule has 0 aliphatic carbocycles. The molecule has 2 heterocycles. The van der Waals surface area contributed by atoms with Crippen LogP contribution in [0.25, 0.3) is 0 Å². The summed E-state index contributed by atoms with van der Waals surface area (Å²) in [7, 11) is 0. The van der Waals surface area contributed by atoms with Crippen molar-refractivity contribution in [2.24, 2.45) is 0 Å². The molecule has 186 valence electrons. The summed E-state index contributed by atoms with van der Waals surface area (Å²) in [5.41, 5.74) is -6.90. The molecule has 2 amide bonds. The van der Waals surface area contributed by atoms with Crippen molar-refractivity contribution in [3.05, 3.63) is 58.9 Å². The summed E-state index contributed by atoms with van der Waals surface area (Å²) < 4.78 is 105. The van der Waals surface area contributed by atoms with E-state index < -0.39 is 71.5 Å². The van der Waals surface area contributed by atoms with Crippen molar-refractivity contribution in [2.75, 3.05) is 0 Å². The molecule has 2 aliphatic heterocycles. The second-order valence-electron chi connectivity index (χ2n) is 7.05. The molecule has 0 spiro atoms. The molecule has 1 aromatic rings. The molecule has 16 heteroatoms. The smallest absolute Gasteiger partial charge is 0.291 e. The monoisotopic (exact) mass is 502 g/mol. The van der Waals surface area contributed by atoms with E-state index in [1.165, 1.54) is 0 Å². The van der Waals surface area contributed by atoms with Crippen LogP contribution in [0.4, 0.5) is 35.1 Å². The number of hydrogen-bond acceptors (Lipinski definition) is 6. The van der Waals surface area contributed by atoms with Crippen molar-refractivity contribution in [2.45, 2.75) is 37.2 Å². The van der Waals surface area contributed by atoms with Gasteiger partial charge in [0.15, 0.2) is 0 Å². The maximum Gasteiger partial charge on any atom is 0.291 e. The van der Waals surface area contributed by atoms with Crippen LogP contribution >= 0.6 is 0 Å². The van der Waals surface area contributed by atoms with E-state index in [2.05, 4.69) is 0 Å². The Kier molecular flexibility index (Phi) is 6.49. The van der Waals surface area contributed by atoms with Crippen molar-refractivity contribution in [1.29, 1.82) is 0 Å². The Morgan fingerprint density at radius 3 is 1.21 bits per heavy atom. The zero-order valence-corrected chi connectivity index (χ0v) is 16.4. The zero-order valence-electron chi connectivity index (χ0n) is 16.4. The van der Waals surface area contributed by atoms with Crippen LogP contribution in [0.1, 0.15) is 20.7 Å². The molecular formula is C18H14F8N4O4. The Morgan fingerprint density at radius 2 is 0.971 bits per heavy atom. The quantitative estimate of drug-likeness (QED) is 0.443. The lowest BCUT2D eigenvalue weighted by Crippen LogP contribution is -2.57. The predicted molar refractivity (Wildman–Crippen MR) is 95.1 cm³/mol. The molecule has 0 saturated carbocycles. The summed E-state index contributed by atoms with van der Waals surface area (Å²) in [6, 6.07) is 3.18. The summed E-state index contributed by atoms with van der Waals surface area (Å²) in [6.07, 6.45) is -13.9. The summed E-state index contributed by atoms with van der Waals surface area (Å²) in [5, 5.41) is 19.7. The number of allylic oxidation sites excluding steroid dienone is 2. The first-order valence-electron chi connectivity index (χ1n) is 9.07. The maximum atomic E-state index is 13.3. The molecular weight excluding hydrogens is 488 g/mol. The van der Waals surface area contributed by atoms with Crippen molar-refractivity contribution in [3.8, 4) is 0 Å². The number of aliphatic hydroxyl groups is 2. The fraction of sp³-hybridized carbons (Fsp3) is 0.333. The van der Waals surface area contributed by atoms with Crippen molar-refractivity contribution >= 4 is 11.8 Å². The van der Waals surface area contributed by atoms with Gasteiger partial charge in [-0.3, -0.25) is 20.4 Å². The molecule has 1 aromatic carbocycles. The van der Waals surface area contributed by atoms with E-state index in [1.807, 2.05) is 0 Å². The van der Waals surface area contributed by atoms with E-state index >= 15 is 0 Å². The van der Waals surface area contributed by atoms with Crippen LogP contribution in [0.3, 0.4) is 0 Å². The van der Waals surface area contributed by atoms with Crippen molar-refractivity contribution in [1.82, 2.24) is 20.9 Å². The summed E-state index contributed by atoms with van der Waals surface area (Å²) in [6.45, 7) is 0. The number of alkyl halides is 8. The van der Waals surface area contributed by atoms with Crippen LogP contribution in [-0.2, 0) is 0 Å². The van der Waals surface area contributed by atoms with Gasteiger partial charge in [0, 0.05) is 23.3 Å². The summed E-state index contributed by atoms with van der Waals surface area (Å²) in [5.74, 6) is -2.86. The van der Waals surface area contributed by atoms with Crippen molar-refractivity contribution < 1.29 is 54.9 Å². The average Bonchev–Trinajstić information content (AvgIpc) is 3.32. The van der Waals surface area contributed by atoms with Crippen LogP contribution < -0.4 is 10.9 Å². The molecule has 2 aliphatic rings. The Morgan fingerprint density at radius 1 is 0.676 bits per heavy atom. The van der Waals surface area contributed by atoms with Gasteiger partial charge in [-0.1, -0.05) is 0 Å². The largest absolute Gasteiger partial charge is 0.361 e. The number of hydrazine groups is 2. The Labute approximate surface area is 184 Å². The van der Waals surface area contributed by atoms with Crippen LogP contribution in [-0.4, -0.2) is 69.2 Å². The van der Waals surface area contributed by atoms with E-state index in [0.29, 0.717) is 0 Å². The van der Waals surface area contributed by atoms with Crippen LogP contribution in [0.5, 0.6) is 0 Å². The topological polar surface area (TPSA) is 105 Å². The minimum Gasteiger partial charge on any atom is -0.361 e. The maximum absolute atomic E-state index is 13.3. The van der Waals surface area contributed by atoms with Crippen LogP contribution in [0.2, 0.25) is 0 Å². The lowest BCUT2D eigenvalue weighted by atomic mass is 10.1. The third-order valence-corrected chi connectivity index (χ3v) is 4.83. The van der Waals surface area contributed by atoms with Gasteiger partial charge in [-0.2, -0.15) is 0 Å². The second-order valence-corrected chi connectivity index (χ2v) is 7.05. The number of rotatable bonds is 6. The highest BCUT2D eigenvalue weighted by atomic mass is 19.3. The van der Waals surface area contributed by atoms with E-state index in [1.54, 1.807) is 10.9 Å². The zero-order chi connectivity index (χ0) is 25.6. The van der Waals surface area contributed by atoms with Gasteiger partial charge in [0.1, 0.15) is 0 Å². The average molecular weight is 502 g/mol. The van der Waals surface area contributed by atoms with E-state index in [4.69, 9.17) is 0 Å². The highest BCUT2D eigenvalue weighted by molar-refractivity contribution is 5.98. The highest BCUT2D eigenvalue weighted by Crippen LogP contribution is 2.33. The first kappa shape index (κ1) is 25.2. The van der Waals surface area contributed by atoms with Gasteiger partial charge in [0.25, 0.3) is 37.5 Å². The van der Waals surface area contributed by atoms with Gasteiger partial charge in [0.05, 0.1) is 11.4 Å². The van der Waals surface area contributed by atoms with Crippen LogP contribution in [0.15, 0.2) is 47.8 Å². The molecule has 4 N–H and O–H groups in total. The molecule has 2 unspecified atom stereocenters. The number of benzene rings is 1. The van der Waals surface area contributed by atoms with Gasteiger partial charge in [-0.15, -0.1) is 0 Å². The van der Waals surface area contributed by atoms with Gasteiger partial charge in [-0.25, -0.2) is 45.1 Å². The molecule has 0 bridgehead atoms. The molecule has 0 saturated heterocycles. The summed E-state index contributed by atoms with van der Waals surface area (Å²) >= 11 is 0. The van der Waals surface area contributed by atoms with E-state index in [9.17, 15) is 54.9 Å². The second kappa shape index (κ2) is 8.75. The number of carbonyl (C=O) groups excluding carboxylic acids is 2. The number of hydrogen-bond donors (Lipinski definition) is 4. The lowest BCUT2D eigenvalue weighted by Gasteiger charge is -2.32. The lowest BCUT2D eigenvalue weighted by molar-refractivity contribution is -0.147. The Hall–Kier alpha value is -3.40. The minimum absolute atomic E-state index is 0.0654. The molecule has 2 atom stereocenters. The van der Waals surface area contributed by atoms with E-state index in [-0.39, 0.29) is 22.2 Å². The summed E-state index contributed by atoms with van der Waals surface area (Å²) in [4.78, 5) is 25.1. The predicted octanol–water partition coefficient (Wildman–Crippen LogP) is 1.81. The molecule has 0 fully saturated rings. The van der Waals surface area contributed by atoms with Crippen molar-refractivity contribution in [3.63, 3.8) is 0 Å². The van der Waals surface area contributed by atoms with E-state index in [0.717, 1.165) is 24.3 Å². The normalized spacial score (nSPS) is 24.6. The fourth-order valence-corrected chi connectivity index (χ4v) is 3.07. The van der Waals surface area contributed by atoms with Gasteiger partial charge < -0.3 is 10.2 Å². The Bertz CT molecular complexity index is 954. The molecule has 0 aromatic heterocycles. The molecule has 3 rings (SSSR count). The van der Waals surface area contributed by atoms with Gasteiger partial charge in [-0.05, 0) is 24.3 Å². The first-order valence-corrected chi connectivity index (χ1v) is 9.07. The van der Waals surface area contributed by atoms with Gasteiger partial charge in [0.2, 0.25) is 11.4 Å². The van der Waals surface area contributed by atoms with Crippen LogP contribution in [0, 0.1) is 0 Å². The standard InChI is InChI=1S/C18H14F8N4O4/c19-11(20)9-5-17(33,15(23)24)29(27-9)13(31)7-1-2-8(4-3-7)14(32)30-18(34,16(25)26)6-10(28-30)12(21)22/h1-6,11-12,15-16,27-28,33-34H. The third kappa shape index (κ3) is 4.13. The number of halogens is 8. The third-order valence-electron chi connectivity index (χ3n) is 4.83. The highest BCUT2D eigenvalue weighted by Gasteiger charge is 2.52. The SMILES string of the molecule is O=C(c1ccc(C(=O)N2NC(C(F)F)=CC2(O)C(F)F)cc1)N1NC(C(F)F)=CC1(O)C(F)F. The first-order chi connectivity index (χ1) is 15.7. The number of nitrogens with zero attached hydrogens (tertiary/aromatic N) is 2. The number of carbonyl (C=O) groups is 2. The molecule has 8 nitrogen and oxygen atoms in total. The number of nitrogens with one attached hydrogen (secondary N) is 2. The Balaban J connectivity index is 1.84. The number of amides is 2.